The van der Waals surface area contributed by atoms with Crippen LogP contribution in [0.3, 0.4) is 0 Å². The van der Waals surface area contributed by atoms with E-state index in [0.29, 0.717) is 6.42 Å². The molecular weight excluding hydrogens is 237 g/mol. The van der Waals surface area contributed by atoms with Gasteiger partial charge in [0.1, 0.15) is 0 Å². The van der Waals surface area contributed by atoms with Gasteiger partial charge in [-0.15, -0.1) is 0 Å². The minimum atomic E-state index is 0. The molecule has 5 heteroatoms. The van der Waals surface area contributed by atoms with Crippen LogP contribution in [0.25, 0.3) is 0 Å². The molecule has 0 aromatic rings. The van der Waals surface area contributed by atoms with Gasteiger partial charge < -0.3 is 22.2 Å². The summed E-state index contributed by atoms with van der Waals surface area (Å²) in [7, 11) is 3.00. The van der Waals surface area contributed by atoms with Crippen LogP contribution in [0.4, 0.5) is 0 Å². The smallest absolute Gasteiger partial charge is 0.0594 e. The second kappa shape index (κ2) is 112. The first-order chi connectivity index (χ1) is 5.41. The number of hydrogen-bond acceptors (Lipinski definition) is 4. The van der Waals surface area contributed by atoms with Gasteiger partial charge in [-0.1, -0.05) is 0 Å². The molecule has 0 unspecified atom stereocenters. The molecule has 0 amide bonds. The fraction of sp³-hybridized carbons (Fsp3) is 0.714. The molecule has 3 N–H and O–H groups in total. The SMILES string of the molecule is CO.CO.CO.[CH2-]CCC#N.[Zr]. The van der Waals surface area contributed by atoms with Gasteiger partial charge in [0.2, 0.25) is 0 Å². The molecule has 0 atom stereocenters. The maximum atomic E-state index is 7.78. The molecule has 0 aromatic carbocycles. The summed E-state index contributed by atoms with van der Waals surface area (Å²) in [6, 6.07) is 1.95. The van der Waals surface area contributed by atoms with Crippen molar-refractivity contribution in [3.63, 3.8) is 0 Å². The summed E-state index contributed by atoms with van der Waals surface area (Å²) in [5.41, 5.74) is 0. The zero-order chi connectivity index (χ0) is 10.1. The van der Waals surface area contributed by atoms with Crippen molar-refractivity contribution in [2.45, 2.75) is 12.8 Å². The van der Waals surface area contributed by atoms with Crippen molar-refractivity contribution in [2.24, 2.45) is 0 Å². The molecular formula is C7H18NO3Zr-. The molecule has 0 fully saturated rings. The Morgan fingerprint density at radius 3 is 1.33 bits per heavy atom. The summed E-state index contributed by atoms with van der Waals surface area (Å²) in [6.07, 6.45) is 1.32. The second-order valence-corrected chi connectivity index (χ2v) is 0.762. The van der Waals surface area contributed by atoms with Crippen LogP contribution < -0.4 is 0 Å². The predicted octanol–water partition coefficient (Wildman–Crippen LogP) is -0.0527. The van der Waals surface area contributed by atoms with Gasteiger partial charge in [0, 0.05) is 54.0 Å². The summed E-state index contributed by atoms with van der Waals surface area (Å²) >= 11 is 0. The monoisotopic (exact) mass is 254 g/mol. The molecule has 74 valence electrons. The molecule has 0 saturated heterocycles. The van der Waals surface area contributed by atoms with Crippen LogP contribution in [0, 0.1) is 18.3 Å². The number of aliphatic hydroxyl groups excluding tert-OH is 3. The first-order valence-electron chi connectivity index (χ1n) is 2.92. The molecule has 0 aromatic heterocycles. The van der Waals surface area contributed by atoms with Crippen molar-refractivity contribution in [1.82, 2.24) is 0 Å². The Kier molecular flexibility index (Phi) is 275. The fourth-order valence-corrected chi connectivity index (χ4v) is 0.0791. The summed E-state index contributed by atoms with van der Waals surface area (Å²) in [6.45, 7) is 3.45. The van der Waals surface area contributed by atoms with Gasteiger partial charge >= 0.3 is 0 Å². The molecule has 0 aliphatic carbocycles. The van der Waals surface area contributed by atoms with Crippen LogP contribution in [-0.4, -0.2) is 36.6 Å². The maximum absolute atomic E-state index is 7.78. The van der Waals surface area contributed by atoms with Crippen molar-refractivity contribution >= 4 is 0 Å². The normalized spacial score (nSPS) is 4.17. The average Bonchev–Trinajstić information content (AvgIpc) is 2.16. The molecule has 0 saturated carbocycles. The first-order valence-corrected chi connectivity index (χ1v) is 2.92. The van der Waals surface area contributed by atoms with E-state index in [9.17, 15) is 0 Å². The molecule has 0 aliphatic heterocycles. The van der Waals surface area contributed by atoms with E-state index in [0.717, 1.165) is 27.8 Å². The first kappa shape index (κ1) is 29.5. The second-order valence-electron chi connectivity index (χ2n) is 0.762. The van der Waals surface area contributed by atoms with E-state index in [1.54, 1.807) is 0 Å². The number of nitriles is 1. The van der Waals surface area contributed by atoms with Crippen molar-refractivity contribution < 1.29 is 41.5 Å². The average molecular weight is 255 g/mol. The minimum Gasteiger partial charge on any atom is -0.400 e. The van der Waals surface area contributed by atoms with Gasteiger partial charge in [-0.3, -0.25) is 0 Å². The Morgan fingerprint density at radius 1 is 1.08 bits per heavy atom. The molecule has 0 spiro atoms. The Bertz CT molecular complexity index is 57.1. The third kappa shape index (κ3) is 173. The van der Waals surface area contributed by atoms with Gasteiger partial charge in [-0.05, 0) is 0 Å². The van der Waals surface area contributed by atoms with E-state index < -0.39 is 0 Å². The molecule has 4 nitrogen and oxygen atoms in total. The van der Waals surface area contributed by atoms with E-state index >= 15 is 0 Å². The van der Waals surface area contributed by atoms with Crippen LogP contribution in [0.15, 0.2) is 0 Å². The summed E-state index contributed by atoms with van der Waals surface area (Å²) in [5.74, 6) is 0. The summed E-state index contributed by atoms with van der Waals surface area (Å²) in [4.78, 5) is 0. The largest absolute Gasteiger partial charge is 0.400 e. The minimum absolute atomic E-state index is 0. The van der Waals surface area contributed by atoms with Crippen LogP contribution >= 0.6 is 0 Å². The summed E-state index contributed by atoms with van der Waals surface area (Å²) in [5, 5.41) is 28.8. The number of nitrogens with zero attached hydrogens (tertiary/aromatic N) is 1. The molecule has 0 aliphatic rings. The number of hydrogen-bond donors (Lipinski definition) is 3. The van der Waals surface area contributed by atoms with Gasteiger partial charge in [-0.25, -0.2) is 0 Å². The molecule has 12 heavy (non-hydrogen) atoms. The third-order valence-corrected chi connectivity index (χ3v) is 0.289. The Hall–Kier alpha value is 0.253. The summed E-state index contributed by atoms with van der Waals surface area (Å²) < 4.78 is 0. The number of aliphatic hydroxyl groups is 3. The zero-order valence-electron chi connectivity index (χ0n) is 7.91. The zero-order valence-corrected chi connectivity index (χ0v) is 10.4. The van der Waals surface area contributed by atoms with E-state index in [4.69, 9.17) is 20.6 Å². The quantitative estimate of drug-likeness (QED) is 0.574. The van der Waals surface area contributed by atoms with Crippen LogP contribution in [0.2, 0.25) is 0 Å². The number of unbranched alkanes of at least 4 members (excludes halogenated alkanes) is 1. The van der Waals surface area contributed by atoms with Crippen molar-refractivity contribution in [1.29, 1.82) is 5.26 Å². The van der Waals surface area contributed by atoms with E-state index in [1.807, 2.05) is 6.07 Å². The topological polar surface area (TPSA) is 84.5 Å². The molecule has 0 bridgehead atoms. The Balaban J connectivity index is -0.0000000203. The van der Waals surface area contributed by atoms with Gasteiger partial charge in [0.05, 0.1) is 6.07 Å². The van der Waals surface area contributed by atoms with Crippen LogP contribution in [0.5, 0.6) is 0 Å². The van der Waals surface area contributed by atoms with E-state index in [2.05, 4.69) is 6.92 Å². The predicted molar refractivity (Wildman–Crippen MR) is 44.6 cm³/mol. The standard InChI is InChI=1S/C4H6N.3CH4O.Zr/c1-2-3-4-5;3*1-2;/h1-3H2;3*2H,1H3;/q-1;;;;. The third-order valence-electron chi connectivity index (χ3n) is 0.289. The van der Waals surface area contributed by atoms with Gasteiger partial charge in [0.25, 0.3) is 0 Å². The van der Waals surface area contributed by atoms with E-state index in [-0.39, 0.29) is 26.2 Å². The van der Waals surface area contributed by atoms with Crippen molar-refractivity contribution in [2.75, 3.05) is 21.3 Å². The van der Waals surface area contributed by atoms with Gasteiger partial charge in [0.15, 0.2) is 0 Å². The maximum Gasteiger partial charge on any atom is 0.0594 e. The molecule has 0 radical (unpaired) electrons. The van der Waals surface area contributed by atoms with E-state index in [1.165, 1.54) is 0 Å². The Morgan fingerprint density at radius 2 is 1.33 bits per heavy atom. The molecule has 0 heterocycles. The van der Waals surface area contributed by atoms with Crippen LogP contribution in [0.1, 0.15) is 12.8 Å². The molecule has 0 rings (SSSR count). The van der Waals surface area contributed by atoms with Crippen molar-refractivity contribution in [3.8, 4) is 6.07 Å². The van der Waals surface area contributed by atoms with Crippen LogP contribution in [-0.2, 0) is 26.2 Å². The Labute approximate surface area is 94.0 Å². The fourth-order valence-electron chi connectivity index (χ4n) is 0.0791. The number of rotatable bonds is 1. The van der Waals surface area contributed by atoms with Gasteiger partial charge in [-0.2, -0.15) is 11.7 Å². The van der Waals surface area contributed by atoms with Crippen molar-refractivity contribution in [3.05, 3.63) is 6.92 Å².